The second-order valence-corrected chi connectivity index (χ2v) is 8.34. The van der Waals surface area contributed by atoms with Crippen LogP contribution in [0.25, 0.3) is 11.3 Å². The van der Waals surface area contributed by atoms with Crippen molar-refractivity contribution < 1.29 is 4.79 Å². The lowest BCUT2D eigenvalue weighted by Crippen LogP contribution is -2.30. The summed E-state index contributed by atoms with van der Waals surface area (Å²) in [5, 5.41) is 4.05. The first-order chi connectivity index (χ1) is 13.1. The van der Waals surface area contributed by atoms with E-state index >= 15 is 0 Å². The monoisotopic (exact) mass is 413 g/mol. The topological polar surface area (TPSA) is 45.6 Å². The van der Waals surface area contributed by atoms with E-state index in [-0.39, 0.29) is 12.5 Å². The molecule has 1 aliphatic heterocycles. The number of aryl methyl sites for hydroxylation is 1. The summed E-state index contributed by atoms with van der Waals surface area (Å²) >= 11 is 8.93. The van der Waals surface area contributed by atoms with Gasteiger partial charge >= 0.3 is 0 Å². The molecule has 0 aliphatic carbocycles. The first-order valence-corrected chi connectivity index (χ1v) is 10.6. The summed E-state index contributed by atoms with van der Waals surface area (Å²) in [6, 6.07) is 15.9. The maximum atomic E-state index is 12.4. The summed E-state index contributed by atoms with van der Waals surface area (Å²) in [7, 11) is 0. The van der Waals surface area contributed by atoms with Crippen LogP contribution in [0.1, 0.15) is 11.1 Å². The quantitative estimate of drug-likeness (QED) is 0.574. The first kappa shape index (κ1) is 18.2. The largest absolute Gasteiger partial charge is 0.272 e. The Morgan fingerprint density at radius 1 is 1.15 bits per heavy atom. The van der Waals surface area contributed by atoms with Gasteiger partial charge in [0, 0.05) is 21.7 Å². The molecule has 0 radical (unpaired) electrons. The minimum atomic E-state index is -0.0431. The summed E-state index contributed by atoms with van der Waals surface area (Å²) in [6.07, 6.45) is 0. The number of thiazole rings is 1. The van der Waals surface area contributed by atoms with Gasteiger partial charge in [0.05, 0.1) is 5.69 Å². The summed E-state index contributed by atoms with van der Waals surface area (Å²) in [5.74, 6) is 0.675. The van der Waals surface area contributed by atoms with E-state index in [0.29, 0.717) is 15.3 Å². The van der Waals surface area contributed by atoms with E-state index in [1.807, 2.05) is 41.8 Å². The van der Waals surface area contributed by atoms with Crippen molar-refractivity contribution in [1.29, 1.82) is 0 Å². The van der Waals surface area contributed by atoms with Crippen LogP contribution in [0.2, 0.25) is 5.02 Å². The van der Waals surface area contributed by atoms with Gasteiger partial charge < -0.3 is 0 Å². The summed E-state index contributed by atoms with van der Waals surface area (Å²) in [5.41, 5.74) is 4.25. The van der Waals surface area contributed by atoms with Gasteiger partial charge in [0.1, 0.15) is 6.54 Å². The van der Waals surface area contributed by atoms with Gasteiger partial charge in [0.2, 0.25) is 0 Å². The van der Waals surface area contributed by atoms with Crippen molar-refractivity contribution in [3.63, 3.8) is 0 Å². The highest BCUT2D eigenvalue weighted by molar-refractivity contribution is 8.13. The van der Waals surface area contributed by atoms with Gasteiger partial charge in [-0.15, -0.1) is 11.3 Å². The van der Waals surface area contributed by atoms with Gasteiger partial charge in [-0.3, -0.25) is 9.79 Å². The van der Waals surface area contributed by atoms with E-state index in [9.17, 15) is 4.79 Å². The van der Waals surface area contributed by atoms with Crippen LogP contribution < -0.4 is 4.90 Å². The minimum absolute atomic E-state index is 0.0431. The van der Waals surface area contributed by atoms with Gasteiger partial charge in [-0.25, -0.2) is 9.88 Å². The molecule has 0 N–H and O–H groups in total. The fourth-order valence-corrected chi connectivity index (χ4v) is 4.63. The van der Waals surface area contributed by atoms with E-state index in [1.54, 1.807) is 4.90 Å². The Labute approximate surface area is 170 Å². The molecule has 4 rings (SSSR count). The molecule has 0 spiro atoms. The minimum Gasteiger partial charge on any atom is -0.272 e. The van der Waals surface area contributed by atoms with Gasteiger partial charge in [-0.1, -0.05) is 65.3 Å². The molecule has 2 aromatic carbocycles. The first-order valence-electron chi connectivity index (χ1n) is 8.37. The highest BCUT2D eigenvalue weighted by Gasteiger charge is 2.29. The number of benzene rings is 2. The lowest BCUT2D eigenvalue weighted by molar-refractivity contribution is -0.115. The molecule has 7 heteroatoms. The molecule has 1 amide bonds. The van der Waals surface area contributed by atoms with Gasteiger partial charge in [0.15, 0.2) is 10.3 Å². The average Bonchev–Trinajstić information content (AvgIpc) is 3.28. The normalized spacial score (nSPS) is 13.9. The van der Waals surface area contributed by atoms with Crippen molar-refractivity contribution >= 4 is 50.9 Å². The number of aliphatic imine (C=N–C) groups is 1. The van der Waals surface area contributed by atoms with Crippen molar-refractivity contribution in [2.45, 2.75) is 12.7 Å². The highest BCUT2D eigenvalue weighted by Crippen LogP contribution is 2.32. The zero-order chi connectivity index (χ0) is 18.8. The number of nitrogens with zero attached hydrogens (tertiary/aromatic N) is 3. The molecule has 0 unspecified atom stereocenters. The van der Waals surface area contributed by atoms with Crippen molar-refractivity contribution in [2.24, 2.45) is 4.99 Å². The van der Waals surface area contributed by atoms with Crippen LogP contribution in [0.3, 0.4) is 0 Å². The van der Waals surface area contributed by atoms with Gasteiger partial charge in [0.25, 0.3) is 5.91 Å². The molecule has 4 nitrogen and oxygen atoms in total. The Bertz CT molecular complexity index is 997. The molecule has 0 saturated heterocycles. The molecular weight excluding hydrogens is 398 g/mol. The molecule has 27 heavy (non-hydrogen) atoms. The molecule has 136 valence electrons. The van der Waals surface area contributed by atoms with Crippen LogP contribution in [0.5, 0.6) is 0 Å². The number of hydrogen-bond donors (Lipinski definition) is 0. The van der Waals surface area contributed by atoms with Crippen LogP contribution >= 0.6 is 34.7 Å². The zero-order valence-electron chi connectivity index (χ0n) is 14.6. The number of amides is 1. The maximum Gasteiger partial charge on any atom is 0.256 e. The standard InChI is InChI=1S/C20H16ClN3OS2/c1-13-2-6-15(7-3-13)17-12-27-20(23-17)24-18(25)10-22-19(24)26-11-14-4-8-16(21)9-5-14/h2-9,12H,10-11H2,1H3. The number of halogens is 1. The number of carbonyl (C=O) groups is 1. The number of rotatable bonds is 4. The summed E-state index contributed by atoms with van der Waals surface area (Å²) in [6.45, 7) is 2.22. The Morgan fingerprint density at radius 2 is 1.89 bits per heavy atom. The third-order valence-electron chi connectivity index (χ3n) is 4.10. The molecule has 0 saturated carbocycles. The number of aromatic nitrogens is 1. The van der Waals surface area contributed by atoms with Gasteiger partial charge in [-0.05, 0) is 24.6 Å². The molecule has 3 aromatic rings. The van der Waals surface area contributed by atoms with Crippen LogP contribution in [-0.2, 0) is 10.5 Å². The van der Waals surface area contributed by atoms with Crippen molar-refractivity contribution in [2.75, 3.05) is 11.4 Å². The second-order valence-electron chi connectivity index (χ2n) is 6.12. The number of amidine groups is 1. The Kier molecular flexibility index (Phi) is 5.29. The van der Waals surface area contributed by atoms with E-state index < -0.39 is 0 Å². The van der Waals surface area contributed by atoms with Crippen LogP contribution in [0.4, 0.5) is 5.13 Å². The number of carbonyl (C=O) groups excluding carboxylic acids is 1. The van der Waals surface area contributed by atoms with Crippen molar-refractivity contribution in [3.8, 4) is 11.3 Å². The molecule has 0 atom stereocenters. The maximum absolute atomic E-state index is 12.4. The van der Waals surface area contributed by atoms with E-state index in [1.165, 1.54) is 28.7 Å². The lowest BCUT2D eigenvalue weighted by atomic mass is 10.1. The Morgan fingerprint density at radius 3 is 2.63 bits per heavy atom. The fraction of sp³-hybridized carbons (Fsp3) is 0.150. The Balaban J connectivity index is 1.51. The van der Waals surface area contributed by atoms with Crippen LogP contribution in [0.15, 0.2) is 58.9 Å². The van der Waals surface area contributed by atoms with Crippen molar-refractivity contribution in [1.82, 2.24) is 4.98 Å². The predicted octanol–water partition coefficient (Wildman–Crippen LogP) is 5.41. The SMILES string of the molecule is Cc1ccc(-c2csc(N3C(=O)CN=C3SCc3ccc(Cl)cc3)n2)cc1. The molecule has 1 aliphatic rings. The lowest BCUT2D eigenvalue weighted by Gasteiger charge is -2.14. The Hall–Kier alpha value is -2.15. The van der Waals surface area contributed by atoms with Gasteiger partial charge in [-0.2, -0.15) is 0 Å². The average molecular weight is 414 g/mol. The fourth-order valence-electron chi connectivity index (χ4n) is 2.63. The summed E-state index contributed by atoms with van der Waals surface area (Å²) < 4.78 is 0. The predicted molar refractivity (Wildman–Crippen MR) is 115 cm³/mol. The third-order valence-corrected chi connectivity index (χ3v) is 6.23. The van der Waals surface area contributed by atoms with E-state index in [4.69, 9.17) is 11.6 Å². The van der Waals surface area contributed by atoms with E-state index in [2.05, 4.69) is 29.0 Å². The molecule has 1 aromatic heterocycles. The number of thioether (sulfide) groups is 1. The van der Waals surface area contributed by atoms with Crippen molar-refractivity contribution in [3.05, 3.63) is 70.1 Å². The third kappa shape index (κ3) is 4.08. The van der Waals surface area contributed by atoms with Crippen LogP contribution in [0, 0.1) is 6.92 Å². The summed E-state index contributed by atoms with van der Waals surface area (Å²) in [4.78, 5) is 23.1. The number of hydrogen-bond acceptors (Lipinski definition) is 5. The second kappa shape index (κ2) is 7.84. The van der Waals surface area contributed by atoms with E-state index in [0.717, 1.165) is 22.6 Å². The van der Waals surface area contributed by atoms with Crippen LogP contribution in [-0.4, -0.2) is 22.6 Å². The smallest absolute Gasteiger partial charge is 0.256 e. The molecule has 0 bridgehead atoms. The molecular formula is C20H16ClN3OS2. The zero-order valence-corrected chi connectivity index (χ0v) is 16.9. The highest BCUT2D eigenvalue weighted by atomic mass is 35.5. The molecule has 0 fully saturated rings. The molecule has 2 heterocycles. The number of anilines is 1.